The highest BCUT2D eigenvalue weighted by Crippen LogP contribution is 2.24. The largest absolute Gasteiger partial charge is 0.299 e. The van der Waals surface area contributed by atoms with Crippen LogP contribution in [0.25, 0.3) is 0 Å². The van der Waals surface area contributed by atoms with Crippen molar-refractivity contribution >= 4 is 27.4 Å². The lowest BCUT2D eigenvalue weighted by Gasteiger charge is -2.05. The number of nitro groups is 1. The van der Waals surface area contributed by atoms with Gasteiger partial charge in [0.05, 0.1) is 4.92 Å². The summed E-state index contributed by atoms with van der Waals surface area (Å²) in [5.74, 6) is -0.103. The van der Waals surface area contributed by atoms with Crippen LogP contribution < -0.4 is 0 Å². The van der Waals surface area contributed by atoms with Crippen LogP contribution in [-0.2, 0) is 11.2 Å². The van der Waals surface area contributed by atoms with Gasteiger partial charge in [0.25, 0.3) is 5.69 Å². The summed E-state index contributed by atoms with van der Waals surface area (Å²) in [4.78, 5) is 21.9. The zero-order chi connectivity index (χ0) is 12.3. The Balaban J connectivity index is 3.04. The number of ketones is 1. The van der Waals surface area contributed by atoms with E-state index in [2.05, 4.69) is 15.9 Å². The normalized spacial score (nSPS) is 10.5. The van der Waals surface area contributed by atoms with E-state index in [0.29, 0.717) is 10.0 Å². The number of hydrogen-bond donors (Lipinski definition) is 0. The summed E-state index contributed by atoms with van der Waals surface area (Å²) in [5.41, 5.74) is 0.454. The summed E-state index contributed by atoms with van der Waals surface area (Å²) in [6, 6.07) is 4.74. The van der Waals surface area contributed by atoms with E-state index in [1.807, 2.05) is 0 Å². The van der Waals surface area contributed by atoms with Gasteiger partial charge in [0.1, 0.15) is 5.78 Å². The molecule has 0 aliphatic carbocycles. The van der Waals surface area contributed by atoms with Gasteiger partial charge in [-0.3, -0.25) is 14.9 Å². The first kappa shape index (κ1) is 12.8. The zero-order valence-electron chi connectivity index (χ0n) is 9.07. The van der Waals surface area contributed by atoms with Crippen molar-refractivity contribution < 1.29 is 9.72 Å². The SMILES string of the molecule is CC(C)C(=O)Cc1ccc(Br)cc1[N+](=O)[O-]. The Labute approximate surface area is 102 Å². The molecule has 0 N–H and O–H groups in total. The van der Waals surface area contributed by atoms with Gasteiger partial charge >= 0.3 is 0 Å². The van der Waals surface area contributed by atoms with Gasteiger partial charge in [-0.1, -0.05) is 35.8 Å². The van der Waals surface area contributed by atoms with Gasteiger partial charge in [0.15, 0.2) is 0 Å². The van der Waals surface area contributed by atoms with Gasteiger partial charge in [-0.05, 0) is 6.07 Å². The van der Waals surface area contributed by atoms with Gasteiger partial charge in [-0.15, -0.1) is 0 Å². The van der Waals surface area contributed by atoms with Gasteiger partial charge in [-0.25, -0.2) is 0 Å². The summed E-state index contributed by atoms with van der Waals surface area (Å²) >= 11 is 3.17. The zero-order valence-corrected chi connectivity index (χ0v) is 10.7. The molecule has 0 bridgehead atoms. The first-order chi connectivity index (χ1) is 7.41. The molecule has 86 valence electrons. The third-order valence-corrected chi connectivity index (χ3v) is 2.75. The molecule has 0 saturated carbocycles. The number of carbonyl (C=O) groups excluding carboxylic acids is 1. The van der Waals surface area contributed by atoms with E-state index in [4.69, 9.17) is 0 Å². The summed E-state index contributed by atoms with van der Waals surface area (Å²) in [5, 5.41) is 10.8. The van der Waals surface area contributed by atoms with E-state index >= 15 is 0 Å². The van der Waals surface area contributed by atoms with Crippen LogP contribution in [0.2, 0.25) is 0 Å². The van der Waals surface area contributed by atoms with E-state index in [9.17, 15) is 14.9 Å². The molecular weight excluding hydrogens is 274 g/mol. The maximum atomic E-state index is 11.5. The number of halogens is 1. The lowest BCUT2D eigenvalue weighted by atomic mass is 10.00. The topological polar surface area (TPSA) is 60.2 Å². The van der Waals surface area contributed by atoms with Crippen molar-refractivity contribution in [3.8, 4) is 0 Å². The molecule has 0 aliphatic rings. The molecule has 1 aromatic rings. The van der Waals surface area contributed by atoms with Crippen LogP contribution in [-0.4, -0.2) is 10.7 Å². The van der Waals surface area contributed by atoms with Crippen LogP contribution in [0.5, 0.6) is 0 Å². The highest BCUT2D eigenvalue weighted by molar-refractivity contribution is 9.10. The molecular formula is C11H12BrNO3. The molecule has 0 amide bonds. The molecule has 5 heteroatoms. The summed E-state index contributed by atoms with van der Waals surface area (Å²) in [7, 11) is 0. The second kappa shape index (κ2) is 5.21. The number of hydrogen-bond acceptors (Lipinski definition) is 3. The second-order valence-electron chi connectivity index (χ2n) is 3.83. The number of nitrogens with zero attached hydrogens (tertiary/aromatic N) is 1. The lowest BCUT2D eigenvalue weighted by Crippen LogP contribution is -2.11. The first-order valence-corrected chi connectivity index (χ1v) is 5.66. The van der Waals surface area contributed by atoms with E-state index in [-0.39, 0.29) is 23.8 Å². The predicted molar refractivity (Wildman–Crippen MR) is 64.3 cm³/mol. The molecule has 0 unspecified atom stereocenters. The van der Waals surface area contributed by atoms with E-state index in [1.165, 1.54) is 6.07 Å². The Morgan fingerprint density at radius 2 is 2.12 bits per heavy atom. The van der Waals surface area contributed by atoms with Crippen molar-refractivity contribution in [1.29, 1.82) is 0 Å². The molecule has 0 heterocycles. The third kappa shape index (κ3) is 3.13. The predicted octanol–water partition coefficient (Wildman–Crippen LogP) is 3.12. The summed E-state index contributed by atoms with van der Waals surface area (Å²) in [6.07, 6.45) is 0.112. The number of nitro benzene ring substituents is 1. The molecule has 0 saturated heterocycles. The Bertz CT molecular complexity index is 429. The maximum Gasteiger partial charge on any atom is 0.274 e. The van der Waals surface area contributed by atoms with Crippen molar-refractivity contribution in [2.45, 2.75) is 20.3 Å². The molecule has 0 aliphatic heterocycles. The van der Waals surface area contributed by atoms with Crippen LogP contribution >= 0.6 is 15.9 Å². The molecule has 0 atom stereocenters. The van der Waals surface area contributed by atoms with Crippen molar-refractivity contribution in [3.05, 3.63) is 38.3 Å². The minimum absolute atomic E-state index is 0.00502. The van der Waals surface area contributed by atoms with Crippen molar-refractivity contribution in [3.63, 3.8) is 0 Å². The fourth-order valence-electron chi connectivity index (χ4n) is 1.25. The van der Waals surface area contributed by atoms with Crippen molar-refractivity contribution in [2.75, 3.05) is 0 Å². The van der Waals surface area contributed by atoms with E-state index < -0.39 is 4.92 Å². The average Bonchev–Trinajstić information content (AvgIpc) is 2.20. The quantitative estimate of drug-likeness (QED) is 0.631. The average molecular weight is 286 g/mol. The van der Waals surface area contributed by atoms with Crippen LogP contribution in [0, 0.1) is 16.0 Å². The molecule has 1 aromatic carbocycles. The molecule has 0 aromatic heterocycles. The summed E-state index contributed by atoms with van der Waals surface area (Å²) < 4.78 is 0.639. The first-order valence-electron chi connectivity index (χ1n) is 4.87. The number of benzene rings is 1. The lowest BCUT2D eigenvalue weighted by molar-refractivity contribution is -0.385. The molecule has 0 spiro atoms. The number of carbonyl (C=O) groups is 1. The van der Waals surface area contributed by atoms with Crippen molar-refractivity contribution in [2.24, 2.45) is 5.92 Å². The third-order valence-electron chi connectivity index (χ3n) is 2.25. The second-order valence-corrected chi connectivity index (χ2v) is 4.74. The van der Waals surface area contributed by atoms with Gasteiger partial charge < -0.3 is 0 Å². The Morgan fingerprint density at radius 3 is 2.62 bits per heavy atom. The monoisotopic (exact) mass is 285 g/mol. The molecule has 0 fully saturated rings. The van der Waals surface area contributed by atoms with E-state index in [1.54, 1.807) is 26.0 Å². The highest BCUT2D eigenvalue weighted by atomic mass is 79.9. The molecule has 4 nitrogen and oxygen atoms in total. The van der Waals surface area contributed by atoms with Gasteiger partial charge in [-0.2, -0.15) is 0 Å². The number of rotatable bonds is 4. The summed E-state index contributed by atoms with van der Waals surface area (Å²) in [6.45, 7) is 3.57. The highest BCUT2D eigenvalue weighted by Gasteiger charge is 2.18. The minimum Gasteiger partial charge on any atom is -0.299 e. The van der Waals surface area contributed by atoms with Gasteiger partial charge in [0.2, 0.25) is 0 Å². The minimum atomic E-state index is -0.465. The van der Waals surface area contributed by atoms with Crippen molar-refractivity contribution in [1.82, 2.24) is 0 Å². The molecule has 1 rings (SSSR count). The fraction of sp³-hybridized carbons (Fsp3) is 0.364. The molecule has 0 radical (unpaired) electrons. The maximum absolute atomic E-state index is 11.5. The fourth-order valence-corrected chi connectivity index (χ4v) is 1.60. The van der Waals surface area contributed by atoms with Crippen LogP contribution in [0.15, 0.2) is 22.7 Å². The molecule has 16 heavy (non-hydrogen) atoms. The Kier molecular flexibility index (Phi) is 4.18. The van der Waals surface area contributed by atoms with Gasteiger partial charge in [0, 0.05) is 28.4 Å². The van der Waals surface area contributed by atoms with Crippen LogP contribution in [0.3, 0.4) is 0 Å². The Morgan fingerprint density at radius 1 is 1.50 bits per heavy atom. The van der Waals surface area contributed by atoms with E-state index in [0.717, 1.165) is 0 Å². The number of Topliss-reactive ketones (excluding diaryl/α,β-unsaturated/α-hetero) is 1. The van der Waals surface area contributed by atoms with Crippen LogP contribution in [0.4, 0.5) is 5.69 Å². The standard InChI is InChI=1S/C11H12BrNO3/c1-7(2)11(14)5-8-3-4-9(12)6-10(8)13(15)16/h3-4,6-7H,5H2,1-2H3. The Hall–Kier alpha value is -1.23. The van der Waals surface area contributed by atoms with Crippen LogP contribution in [0.1, 0.15) is 19.4 Å². The smallest absolute Gasteiger partial charge is 0.274 e.